The van der Waals surface area contributed by atoms with Crippen LogP contribution in [-0.2, 0) is 0 Å². The van der Waals surface area contributed by atoms with Crippen LogP contribution in [0.25, 0.3) is 129 Å². The second-order valence-corrected chi connectivity index (χ2v) is 17.8. The fourth-order valence-electron chi connectivity index (χ4n) is 9.95. The third-order valence-electron chi connectivity index (χ3n) is 13.4. The lowest BCUT2D eigenvalue weighted by Gasteiger charge is -2.15. The van der Waals surface area contributed by atoms with Gasteiger partial charge >= 0.3 is 0 Å². The summed E-state index contributed by atoms with van der Waals surface area (Å²) >= 11 is 0. The van der Waals surface area contributed by atoms with E-state index in [1.807, 2.05) is 121 Å². The van der Waals surface area contributed by atoms with Crippen molar-refractivity contribution in [3.05, 3.63) is 261 Å². The Morgan fingerprint density at radius 2 is 0.466 bits per heavy atom. The van der Waals surface area contributed by atoms with Gasteiger partial charge in [-0.1, -0.05) is 237 Å². The van der Waals surface area contributed by atoms with Gasteiger partial charge in [-0.2, -0.15) is 0 Å². The molecule has 0 saturated heterocycles. The summed E-state index contributed by atoms with van der Waals surface area (Å²) in [7, 11) is 0. The van der Waals surface area contributed by atoms with E-state index in [0.29, 0.717) is 34.9 Å². The highest BCUT2D eigenvalue weighted by Gasteiger charge is 2.24. The minimum absolute atomic E-state index is 0.587. The third-order valence-corrected chi connectivity index (χ3v) is 13.4. The van der Waals surface area contributed by atoms with Crippen molar-refractivity contribution in [2.24, 2.45) is 0 Å². The van der Waals surface area contributed by atoms with Gasteiger partial charge < -0.3 is 4.57 Å². The zero-order valence-electron chi connectivity index (χ0n) is 39.5. The van der Waals surface area contributed by atoms with E-state index in [-0.39, 0.29) is 0 Å². The molecule has 13 rings (SSSR count). The molecule has 0 aliphatic heterocycles. The molecule has 0 bridgehead atoms. The van der Waals surface area contributed by atoms with Crippen LogP contribution < -0.4 is 0 Å². The number of fused-ring (bicyclic) bond motifs is 3. The molecule has 0 atom stereocenters. The first-order valence-corrected chi connectivity index (χ1v) is 24.4. The van der Waals surface area contributed by atoms with E-state index >= 15 is 0 Å². The normalized spacial score (nSPS) is 11.3. The Morgan fingerprint density at radius 3 is 0.822 bits per heavy atom. The smallest absolute Gasteiger partial charge is 0.164 e. The van der Waals surface area contributed by atoms with Gasteiger partial charge in [-0.25, -0.2) is 29.9 Å². The van der Waals surface area contributed by atoms with Crippen LogP contribution in [0.2, 0.25) is 0 Å². The first-order chi connectivity index (χ1) is 36.2. The lowest BCUT2D eigenvalue weighted by molar-refractivity contribution is 1.07. The largest absolute Gasteiger partial charge is 0.309 e. The average Bonchev–Trinajstić information content (AvgIpc) is 3.83. The van der Waals surface area contributed by atoms with E-state index < -0.39 is 0 Å². The highest BCUT2D eigenvalue weighted by molar-refractivity contribution is 6.22. The molecule has 0 N–H and O–H groups in total. The number of hydrogen-bond donors (Lipinski definition) is 0. The summed E-state index contributed by atoms with van der Waals surface area (Å²) in [5.74, 6) is 3.60. The topological polar surface area (TPSA) is 82.3 Å². The Bertz CT molecular complexity index is 3760. The van der Waals surface area contributed by atoms with Crippen molar-refractivity contribution in [1.29, 1.82) is 0 Å². The third kappa shape index (κ3) is 8.11. The quantitative estimate of drug-likeness (QED) is 0.136. The molecule has 3 heterocycles. The summed E-state index contributed by atoms with van der Waals surface area (Å²) in [5, 5.41) is 2.18. The van der Waals surface area contributed by atoms with Gasteiger partial charge in [0.1, 0.15) is 0 Å². The van der Waals surface area contributed by atoms with Crippen molar-refractivity contribution in [3.8, 4) is 107 Å². The second-order valence-electron chi connectivity index (χ2n) is 17.8. The Labute approximate surface area is 422 Å². The van der Waals surface area contributed by atoms with Crippen molar-refractivity contribution in [1.82, 2.24) is 34.5 Å². The fraction of sp³-hybridized carbons (Fsp3) is 0. The number of aromatic nitrogens is 7. The highest BCUT2D eigenvalue weighted by atomic mass is 15.0. The molecule has 7 heteroatoms. The van der Waals surface area contributed by atoms with Gasteiger partial charge in [-0.05, 0) is 57.6 Å². The van der Waals surface area contributed by atoms with Gasteiger partial charge in [0.2, 0.25) is 0 Å². The predicted octanol–water partition coefficient (Wildman–Crippen LogP) is 16.2. The molecule has 3 aromatic heterocycles. The molecule has 13 aromatic rings. The lowest BCUT2D eigenvalue weighted by Crippen LogP contribution is -2.01. The van der Waals surface area contributed by atoms with Crippen molar-refractivity contribution < 1.29 is 0 Å². The van der Waals surface area contributed by atoms with Crippen LogP contribution in [0.5, 0.6) is 0 Å². The Kier molecular flexibility index (Phi) is 11.1. The summed E-state index contributed by atoms with van der Waals surface area (Å²) in [6.07, 6.45) is 0. The van der Waals surface area contributed by atoms with Crippen molar-refractivity contribution in [2.75, 3.05) is 0 Å². The van der Waals surface area contributed by atoms with Gasteiger partial charge in [-0.15, -0.1) is 0 Å². The number of benzene rings is 10. The number of rotatable bonds is 10. The zero-order chi connectivity index (χ0) is 48.5. The summed E-state index contributed by atoms with van der Waals surface area (Å²) in [6, 6.07) is 90.1. The van der Waals surface area contributed by atoms with Gasteiger partial charge in [0.05, 0.1) is 11.0 Å². The van der Waals surface area contributed by atoms with E-state index in [9.17, 15) is 0 Å². The standard InChI is InChI=1S/C66H43N7/c1-6-22-44(23-7-1)45-40-42-50(43-41-45)73-57-38-20-36-53(51-32-16-18-34-55(51)65-69-61(46-24-8-2-9-25-46)67-62(70-65)47-26-10-3-11-27-47)59(57)60-54(37-21-39-58(60)73)52-33-17-19-35-56(52)66-71-63(48-28-12-4-13-29-48)68-64(72-66)49-30-14-5-15-31-49/h1-43H. The Balaban J connectivity index is 1.07. The van der Waals surface area contributed by atoms with Gasteiger partial charge in [0.15, 0.2) is 34.9 Å². The summed E-state index contributed by atoms with van der Waals surface area (Å²) in [6.45, 7) is 0. The van der Waals surface area contributed by atoms with E-state index in [4.69, 9.17) is 29.9 Å². The fourth-order valence-corrected chi connectivity index (χ4v) is 9.95. The molecule has 10 aromatic carbocycles. The maximum atomic E-state index is 5.24. The molecule has 0 aliphatic carbocycles. The average molecular weight is 934 g/mol. The van der Waals surface area contributed by atoms with Crippen LogP contribution >= 0.6 is 0 Å². The summed E-state index contributed by atoms with van der Waals surface area (Å²) in [4.78, 5) is 31.0. The van der Waals surface area contributed by atoms with E-state index in [1.54, 1.807) is 0 Å². The molecule has 0 unspecified atom stereocenters. The maximum Gasteiger partial charge on any atom is 0.164 e. The molecule has 0 aliphatic rings. The molecule has 0 fully saturated rings. The van der Waals surface area contributed by atoms with E-state index in [1.165, 1.54) is 5.56 Å². The maximum absolute atomic E-state index is 5.24. The van der Waals surface area contributed by atoms with Crippen LogP contribution in [0.15, 0.2) is 261 Å². The van der Waals surface area contributed by atoms with Crippen molar-refractivity contribution in [2.45, 2.75) is 0 Å². The van der Waals surface area contributed by atoms with Crippen LogP contribution in [0, 0.1) is 0 Å². The molecular formula is C66H43N7. The monoisotopic (exact) mass is 933 g/mol. The van der Waals surface area contributed by atoms with Gasteiger partial charge in [-0.3, -0.25) is 0 Å². The molecule has 0 amide bonds. The molecule has 0 saturated carbocycles. The number of nitrogens with zero attached hydrogens (tertiary/aromatic N) is 7. The van der Waals surface area contributed by atoms with Crippen LogP contribution in [0.1, 0.15) is 0 Å². The van der Waals surface area contributed by atoms with Gasteiger partial charge in [0, 0.05) is 49.8 Å². The van der Waals surface area contributed by atoms with Crippen LogP contribution in [0.4, 0.5) is 0 Å². The number of hydrogen-bond acceptors (Lipinski definition) is 6. The van der Waals surface area contributed by atoms with E-state index in [0.717, 1.165) is 88.7 Å². The summed E-state index contributed by atoms with van der Waals surface area (Å²) in [5.41, 5.74) is 15.0. The molecule has 73 heavy (non-hydrogen) atoms. The molecule has 0 spiro atoms. The molecule has 0 radical (unpaired) electrons. The summed E-state index contributed by atoms with van der Waals surface area (Å²) < 4.78 is 2.39. The van der Waals surface area contributed by atoms with E-state index in [2.05, 4.69) is 144 Å². The van der Waals surface area contributed by atoms with Crippen molar-refractivity contribution >= 4 is 21.8 Å². The van der Waals surface area contributed by atoms with Crippen LogP contribution in [0.3, 0.4) is 0 Å². The van der Waals surface area contributed by atoms with Crippen molar-refractivity contribution in [3.63, 3.8) is 0 Å². The minimum Gasteiger partial charge on any atom is -0.309 e. The first kappa shape index (κ1) is 43.1. The Morgan fingerprint density at radius 1 is 0.192 bits per heavy atom. The molecule has 7 nitrogen and oxygen atoms in total. The first-order valence-electron chi connectivity index (χ1n) is 24.4. The molecule has 342 valence electrons. The SMILES string of the molecule is c1ccc(-c2ccc(-n3c4cccc(-c5ccccc5-c5nc(-c6ccccc6)nc(-c6ccccc6)n5)c4c4c(-c5ccccc5-c5nc(-c6ccccc6)nc(-c6ccccc6)n5)cccc43)cc2)cc1. The van der Waals surface area contributed by atoms with Crippen LogP contribution in [-0.4, -0.2) is 34.5 Å². The predicted molar refractivity (Wildman–Crippen MR) is 296 cm³/mol. The zero-order valence-corrected chi connectivity index (χ0v) is 39.5. The van der Waals surface area contributed by atoms with Gasteiger partial charge in [0.25, 0.3) is 0 Å². The Hall–Kier alpha value is -9.98. The lowest BCUT2D eigenvalue weighted by atomic mass is 9.91. The second kappa shape index (κ2) is 18.7. The minimum atomic E-state index is 0.587. The molecular weight excluding hydrogens is 891 g/mol. The highest BCUT2D eigenvalue weighted by Crippen LogP contribution is 2.46.